The van der Waals surface area contributed by atoms with Gasteiger partial charge in [-0.1, -0.05) is 0 Å². The predicted octanol–water partition coefficient (Wildman–Crippen LogP) is 1.15. The number of nitro benzene ring substituents is 1. The average molecular weight is 374 g/mol. The molecule has 1 aliphatic rings. The van der Waals surface area contributed by atoms with Crippen LogP contribution < -0.4 is 5.32 Å². The van der Waals surface area contributed by atoms with E-state index in [0.717, 1.165) is 17.0 Å². The second-order valence-electron chi connectivity index (χ2n) is 4.21. The summed E-state index contributed by atoms with van der Waals surface area (Å²) in [6.07, 6.45) is 0.930. The van der Waals surface area contributed by atoms with Gasteiger partial charge in [-0.3, -0.25) is 24.6 Å². The molecule has 0 saturated heterocycles. The number of β-amino-alcohol motifs (C(OH)–C–C–N with tert-alkyl or cyclic N) is 1. The highest BCUT2D eigenvalue weighted by Gasteiger charge is 2.33. The number of nitrogens with zero attached hydrogens (tertiary/aromatic N) is 2. The summed E-state index contributed by atoms with van der Waals surface area (Å²) in [4.78, 5) is 34.4. The number of hydrogen-bond donors (Lipinski definition) is 2. The first-order valence-electron chi connectivity index (χ1n) is 5.94. The standard InChI is InChI=1S/C12H9BrFN3O5/c13-6-1-2-7(14)11(17(21)22)10(6)15-8-5-9(19)16(3-4-18)12(8)20/h1-2,5,15,18H,3-4H2. The van der Waals surface area contributed by atoms with E-state index >= 15 is 0 Å². The molecular weight excluding hydrogens is 365 g/mol. The average Bonchev–Trinajstić information content (AvgIpc) is 2.70. The summed E-state index contributed by atoms with van der Waals surface area (Å²) < 4.78 is 13.8. The molecule has 1 heterocycles. The maximum Gasteiger partial charge on any atom is 0.329 e. The van der Waals surface area contributed by atoms with Gasteiger partial charge in [0, 0.05) is 10.5 Å². The van der Waals surface area contributed by atoms with Crippen molar-refractivity contribution in [1.82, 2.24) is 4.90 Å². The molecule has 0 spiro atoms. The van der Waals surface area contributed by atoms with E-state index in [1.165, 1.54) is 6.07 Å². The lowest BCUT2D eigenvalue weighted by atomic mass is 10.2. The second-order valence-corrected chi connectivity index (χ2v) is 5.07. The minimum Gasteiger partial charge on any atom is -0.395 e. The monoisotopic (exact) mass is 373 g/mol. The van der Waals surface area contributed by atoms with Gasteiger partial charge in [0.15, 0.2) is 0 Å². The molecule has 116 valence electrons. The van der Waals surface area contributed by atoms with Gasteiger partial charge in [0.25, 0.3) is 11.8 Å². The zero-order valence-electron chi connectivity index (χ0n) is 10.9. The molecule has 10 heteroatoms. The fourth-order valence-corrected chi connectivity index (χ4v) is 2.30. The van der Waals surface area contributed by atoms with Crippen LogP contribution in [0.1, 0.15) is 0 Å². The van der Waals surface area contributed by atoms with Crippen LogP contribution in [0.25, 0.3) is 0 Å². The lowest BCUT2D eigenvalue weighted by Crippen LogP contribution is -2.34. The zero-order valence-corrected chi connectivity index (χ0v) is 12.5. The van der Waals surface area contributed by atoms with Gasteiger partial charge in [0.05, 0.1) is 18.1 Å². The summed E-state index contributed by atoms with van der Waals surface area (Å²) >= 11 is 3.03. The number of aliphatic hydroxyl groups is 1. The highest BCUT2D eigenvalue weighted by atomic mass is 79.9. The smallest absolute Gasteiger partial charge is 0.329 e. The van der Waals surface area contributed by atoms with Crippen LogP contribution in [0.4, 0.5) is 15.8 Å². The summed E-state index contributed by atoms with van der Waals surface area (Å²) in [5.41, 5.74) is -1.37. The Morgan fingerprint density at radius 3 is 2.68 bits per heavy atom. The number of carbonyl (C=O) groups is 2. The van der Waals surface area contributed by atoms with Gasteiger partial charge in [-0.25, -0.2) is 0 Å². The minimum absolute atomic E-state index is 0.155. The maximum absolute atomic E-state index is 13.6. The molecule has 2 rings (SSSR count). The molecule has 0 bridgehead atoms. The van der Waals surface area contributed by atoms with E-state index < -0.39 is 34.8 Å². The Kier molecular flexibility index (Phi) is 4.52. The van der Waals surface area contributed by atoms with E-state index in [-0.39, 0.29) is 22.4 Å². The molecule has 0 fully saturated rings. The number of benzene rings is 1. The molecule has 8 nitrogen and oxygen atoms in total. The zero-order chi connectivity index (χ0) is 16.4. The number of anilines is 1. The summed E-state index contributed by atoms with van der Waals surface area (Å²) in [5.74, 6) is -2.51. The van der Waals surface area contributed by atoms with Crippen LogP contribution in [0.15, 0.2) is 28.4 Å². The van der Waals surface area contributed by atoms with Crippen LogP contribution in [0.5, 0.6) is 0 Å². The number of halogens is 2. The molecular formula is C12H9BrFN3O5. The quantitative estimate of drug-likeness (QED) is 0.454. The van der Waals surface area contributed by atoms with Gasteiger partial charge in [-0.2, -0.15) is 4.39 Å². The van der Waals surface area contributed by atoms with Crippen molar-refractivity contribution in [3.63, 3.8) is 0 Å². The van der Waals surface area contributed by atoms with E-state index in [1.807, 2.05) is 0 Å². The van der Waals surface area contributed by atoms with Crippen molar-refractivity contribution < 1.29 is 24.0 Å². The summed E-state index contributed by atoms with van der Waals surface area (Å²) in [6.45, 7) is -0.617. The van der Waals surface area contributed by atoms with Gasteiger partial charge in [-0.15, -0.1) is 0 Å². The molecule has 0 aromatic heterocycles. The molecule has 0 unspecified atom stereocenters. The molecule has 1 aromatic rings. The first kappa shape index (κ1) is 16.0. The molecule has 2 amide bonds. The fraction of sp³-hybridized carbons (Fsp3) is 0.167. The van der Waals surface area contributed by atoms with Crippen LogP contribution >= 0.6 is 15.9 Å². The number of hydrogen-bond acceptors (Lipinski definition) is 6. The van der Waals surface area contributed by atoms with Crippen LogP contribution in [-0.4, -0.2) is 39.9 Å². The van der Waals surface area contributed by atoms with Crippen molar-refractivity contribution in [2.45, 2.75) is 0 Å². The van der Waals surface area contributed by atoms with Gasteiger partial charge < -0.3 is 10.4 Å². The van der Waals surface area contributed by atoms with Gasteiger partial charge >= 0.3 is 5.69 Å². The summed E-state index contributed by atoms with van der Waals surface area (Å²) in [7, 11) is 0. The normalized spacial score (nSPS) is 14.3. The fourth-order valence-electron chi connectivity index (χ4n) is 1.88. The molecule has 1 aromatic carbocycles. The Morgan fingerprint density at radius 2 is 2.09 bits per heavy atom. The van der Waals surface area contributed by atoms with Crippen LogP contribution in [0.2, 0.25) is 0 Å². The van der Waals surface area contributed by atoms with Crippen LogP contribution in [0.3, 0.4) is 0 Å². The number of amides is 2. The molecule has 0 atom stereocenters. The maximum atomic E-state index is 13.6. The largest absolute Gasteiger partial charge is 0.395 e. The van der Waals surface area contributed by atoms with Gasteiger partial charge in [0.1, 0.15) is 11.4 Å². The summed E-state index contributed by atoms with van der Waals surface area (Å²) in [6, 6.07) is 2.14. The number of nitrogens with one attached hydrogen (secondary N) is 1. The molecule has 0 aliphatic carbocycles. The van der Waals surface area contributed by atoms with Crippen molar-refractivity contribution in [2.24, 2.45) is 0 Å². The Bertz CT molecular complexity index is 706. The number of rotatable bonds is 5. The highest BCUT2D eigenvalue weighted by Crippen LogP contribution is 2.36. The number of carbonyl (C=O) groups excluding carboxylic acids is 2. The third-order valence-corrected chi connectivity index (χ3v) is 3.51. The van der Waals surface area contributed by atoms with Gasteiger partial charge in [0.2, 0.25) is 5.82 Å². The van der Waals surface area contributed by atoms with Crippen molar-refractivity contribution in [2.75, 3.05) is 18.5 Å². The second kappa shape index (κ2) is 6.20. The predicted molar refractivity (Wildman–Crippen MR) is 76.3 cm³/mol. The first-order valence-corrected chi connectivity index (χ1v) is 6.74. The Hall–Kier alpha value is -2.33. The summed E-state index contributed by atoms with van der Waals surface area (Å²) in [5, 5.41) is 22.2. The Labute approximate surface area is 131 Å². The molecule has 0 radical (unpaired) electrons. The Balaban J connectivity index is 2.39. The van der Waals surface area contributed by atoms with E-state index in [2.05, 4.69) is 21.2 Å². The van der Waals surface area contributed by atoms with E-state index in [0.29, 0.717) is 0 Å². The Morgan fingerprint density at radius 1 is 1.41 bits per heavy atom. The van der Waals surface area contributed by atoms with Crippen LogP contribution in [-0.2, 0) is 9.59 Å². The molecule has 1 aliphatic heterocycles. The van der Waals surface area contributed by atoms with Crippen molar-refractivity contribution >= 4 is 39.1 Å². The minimum atomic E-state index is -1.08. The lowest BCUT2D eigenvalue weighted by Gasteiger charge is -2.14. The molecule has 22 heavy (non-hydrogen) atoms. The van der Waals surface area contributed by atoms with Crippen LogP contribution in [0, 0.1) is 15.9 Å². The third kappa shape index (κ3) is 2.83. The SMILES string of the molecule is O=C1C=C(Nc2c(Br)ccc(F)c2[N+](=O)[O-])C(=O)N1CCO. The van der Waals surface area contributed by atoms with Crippen molar-refractivity contribution in [3.05, 3.63) is 44.3 Å². The van der Waals surface area contributed by atoms with E-state index in [1.54, 1.807) is 0 Å². The first-order chi connectivity index (χ1) is 10.4. The van der Waals surface area contributed by atoms with Gasteiger partial charge in [-0.05, 0) is 28.1 Å². The third-order valence-electron chi connectivity index (χ3n) is 2.85. The topological polar surface area (TPSA) is 113 Å². The van der Waals surface area contributed by atoms with E-state index in [9.17, 15) is 24.1 Å². The molecule has 2 N–H and O–H groups in total. The molecule has 0 saturated carbocycles. The van der Waals surface area contributed by atoms with E-state index in [4.69, 9.17) is 5.11 Å². The number of aliphatic hydroxyl groups excluding tert-OH is 1. The lowest BCUT2D eigenvalue weighted by molar-refractivity contribution is -0.386. The number of imide groups is 1. The van der Waals surface area contributed by atoms with Crippen molar-refractivity contribution in [1.29, 1.82) is 0 Å². The number of nitro groups is 1. The van der Waals surface area contributed by atoms with Crippen molar-refractivity contribution in [3.8, 4) is 0 Å². The highest BCUT2D eigenvalue weighted by molar-refractivity contribution is 9.10.